The number of anilines is 1. The molecule has 4 rings (SSSR count). The Bertz CT molecular complexity index is 1220. The number of carbonyl (C=O) groups excluding carboxylic acids is 3. The highest BCUT2D eigenvalue weighted by Gasteiger charge is 2.36. The second-order valence-corrected chi connectivity index (χ2v) is 9.81. The van der Waals surface area contributed by atoms with Gasteiger partial charge < -0.3 is 5.32 Å². The van der Waals surface area contributed by atoms with Crippen molar-refractivity contribution in [2.45, 2.75) is 23.6 Å². The molecular weight excluding hydrogens is 452 g/mol. The van der Waals surface area contributed by atoms with Gasteiger partial charge in [0.2, 0.25) is 5.91 Å². The van der Waals surface area contributed by atoms with E-state index in [9.17, 15) is 14.4 Å². The minimum Gasteiger partial charge on any atom is -0.325 e. The molecule has 3 aromatic carbocycles. The smallest absolute Gasteiger partial charge is 0.294 e. The highest BCUT2D eigenvalue weighted by molar-refractivity contribution is 8.18. The Hall–Kier alpha value is -3.29. The van der Waals surface area contributed by atoms with Crippen LogP contribution in [0.2, 0.25) is 0 Å². The van der Waals surface area contributed by atoms with Crippen LogP contribution in [0.4, 0.5) is 10.5 Å². The van der Waals surface area contributed by atoms with Crippen LogP contribution in [-0.4, -0.2) is 28.5 Å². The van der Waals surface area contributed by atoms with Crippen molar-refractivity contribution in [2.75, 3.05) is 11.9 Å². The number of aryl methyl sites for hydroxylation is 2. The first-order chi connectivity index (χ1) is 15.9. The van der Waals surface area contributed by atoms with Gasteiger partial charge in [-0.1, -0.05) is 59.3 Å². The van der Waals surface area contributed by atoms with E-state index < -0.39 is 17.1 Å². The summed E-state index contributed by atoms with van der Waals surface area (Å²) in [4.78, 5) is 40.9. The Balaban J connectivity index is 1.39. The zero-order chi connectivity index (χ0) is 23.4. The fourth-order valence-corrected chi connectivity index (χ4v) is 4.80. The van der Waals surface area contributed by atoms with Crippen molar-refractivity contribution < 1.29 is 14.4 Å². The molecule has 3 aromatic rings. The largest absolute Gasteiger partial charge is 0.325 e. The molecule has 3 amide bonds. The van der Waals surface area contributed by atoms with Crippen LogP contribution < -0.4 is 5.32 Å². The molecule has 7 heteroatoms. The first-order valence-corrected chi connectivity index (χ1v) is 12.0. The fraction of sp³-hybridized carbons (Fsp3) is 0.115. The number of nitrogens with zero attached hydrogens (tertiary/aromatic N) is 1. The van der Waals surface area contributed by atoms with Gasteiger partial charge >= 0.3 is 0 Å². The molecule has 0 saturated carbocycles. The molecule has 0 spiro atoms. The molecule has 1 heterocycles. The third-order valence-electron chi connectivity index (χ3n) is 4.95. The number of amides is 3. The number of benzene rings is 3. The summed E-state index contributed by atoms with van der Waals surface area (Å²) < 4.78 is 0. The molecule has 1 aliphatic heterocycles. The summed E-state index contributed by atoms with van der Waals surface area (Å²) in [5.74, 6) is -0.873. The summed E-state index contributed by atoms with van der Waals surface area (Å²) in [7, 11) is 0. The van der Waals surface area contributed by atoms with Crippen molar-refractivity contribution in [1.82, 2.24) is 4.90 Å². The Morgan fingerprint density at radius 1 is 0.879 bits per heavy atom. The third kappa shape index (κ3) is 5.94. The predicted octanol–water partition coefficient (Wildman–Crippen LogP) is 6.13. The fourth-order valence-electron chi connectivity index (χ4n) is 3.14. The van der Waals surface area contributed by atoms with Crippen LogP contribution in [0, 0.1) is 13.8 Å². The lowest BCUT2D eigenvalue weighted by Crippen LogP contribution is -2.36. The molecule has 33 heavy (non-hydrogen) atoms. The predicted molar refractivity (Wildman–Crippen MR) is 134 cm³/mol. The normalized spacial score (nSPS) is 14.7. The Kier molecular flexibility index (Phi) is 7.01. The van der Waals surface area contributed by atoms with Crippen LogP contribution in [0.15, 0.2) is 87.5 Å². The van der Waals surface area contributed by atoms with Crippen LogP contribution in [-0.2, 0) is 9.59 Å². The second-order valence-electron chi connectivity index (χ2n) is 7.67. The monoisotopic (exact) mass is 474 g/mol. The molecule has 0 unspecified atom stereocenters. The standard InChI is InChI=1S/C26H22N2O3S2/c1-17-3-9-20(10-4-17)27-24(29)16-28-25(30)23(33-26(28)31)15-19-7-13-22(14-8-19)32-21-11-5-18(2)6-12-21/h3-15H,16H2,1-2H3,(H,27,29)/b23-15-. The van der Waals surface area contributed by atoms with Crippen LogP contribution in [0.3, 0.4) is 0 Å². The van der Waals surface area contributed by atoms with Gasteiger partial charge in [0.05, 0.1) is 4.91 Å². The van der Waals surface area contributed by atoms with E-state index in [-0.39, 0.29) is 6.54 Å². The minimum atomic E-state index is -0.456. The maximum atomic E-state index is 12.7. The van der Waals surface area contributed by atoms with Gasteiger partial charge in [-0.15, -0.1) is 0 Å². The molecule has 0 aromatic heterocycles. The molecule has 0 aliphatic carbocycles. The molecule has 1 fully saturated rings. The zero-order valence-corrected chi connectivity index (χ0v) is 19.8. The summed E-state index contributed by atoms with van der Waals surface area (Å²) >= 11 is 2.51. The highest BCUT2D eigenvalue weighted by atomic mass is 32.2. The number of carbonyl (C=O) groups is 3. The molecule has 0 radical (unpaired) electrons. The average molecular weight is 475 g/mol. The van der Waals surface area contributed by atoms with Crippen LogP contribution in [0.25, 0.3) is 6.08 Å². The molecule has 5 nitrogen and oxygen atoms in total. The van der Waals surface area contributed by atoms with E-state index in [0.29, 0.717) is 10.6 Å². The average Bonchev–Trinajstić information content (AvgIpc) is 3.05. The summed E-state index contributed by atoms with van der Waals surface area (Å²) in [5, 5.41) is 2.27. The van der Waals surface area contributed by atoms with E-state index in [2.05, 4.69) is 36.5 Å². The van der Waals surface area contributed by atoms with E-state index in [0.717, 1.165) is 37.6 Å². The highest BCUT2D eigenvalue weighted by Crippen LogP contribution is 2.33. The van der Waals surface area contributed by atoms with Crippen LogP contribution in [0.1, 0.15) is 16.7 Å². The van der Waals surface area contributed by atoms with Crippen LogP contribution in [0.5, 0.6) is 0 Å². The third-order valence-corrected chi connectivity index (χ3v) is 6.87. The molecular formula is C26H22N2O3S2. The number of imide groups is 1. The molecule has 1 aliphatic rings. The molecule has 1 N–H and O–H groups in total. The Morgan fingerprint density at radius 3 is 2.03 bits per heavy atom. The van der Waals surface area contributed by atoms with Gasteiger partial charge in [0, 0.05) is 15.5 Å². The zero-order valence-electron chi connectivity index (χ0n) is 18.2. The van der Waals surface area contributed by atoms with Gasteiger partial charge in [-0.3, -0.25) is 19.3 Å². The molecule has 1 saturated heterocycles. The minimum absolute atomic E-state index is 0.307. The number of rotatable bonds is 6. The lowest BCUT2D eigenvalue weighted by atomic mass is 10.2. The van der Waals surface area contributed by atoms with Gasteiger partial charge in [0.1, 0.15) is 6.54 Å². The summed E-state index contributed by atoms with van der Waals surface area (Å²) in [6.07, 6.45) is 1.68. The van der Waals surface area contributed by atoms with Gasteiger partial charge in [-0.2, -0.15) is 0 Å². The van der Waals surface area contributed by atoms with E-state index in [1.165, 1.54) is 5.56 Å². The molecule has 0 bridgehead atoms. The van der Waals surface area contributed by atoms with Crippen molar-refractivity contribution in [3.63, 3.8) is 0 Å². The number of nitrogens with one attached hydrogen (secondary N) is 1. The topological polar surface area (TPSA) is 66.5 Å². The van der Waals surface area contributed by atoms with Crippen LogP contribution >= 0.6 is 23.5 Å². The van der Waals surface area contributed by atoms with Crippen molar-refractivity contribution in [2.24, 2.45) is 0 Å². The SMILES string of the molecule is Cc1ccc(NC(=O)CN2C(=O)S/C(=C\c3ccc(Sc4ccc(C)cc4)cc3)C2=O)cc1. The van der Waals surface area contributed by atoms with E-state index in [1.807, 2.05) is 43.3 Å². The lowest BCUT2D eigenvalue weighted by Gasteiger charge is -2.12. The first kappa shape index (κ1) is 22.9. The van der Waals surface area contributed by atoms with Gasteiger partial charge in [-0.05, 0) is 73.6 Å². The summed E-state index contributed by atoms with van der Waals surface area (Å²) in [6, 6.07) is 23.4. The van der Waals surface area contributed by atoms with Crippen molar-refractivity contribution in [1.29, 1.82) is 0 Å². The maximum Gasteiger partial charge on any atom is 0.294 e. The Morgan fingerprint density at radius 2 is 1.42 bits per heavy atom. The molecule has 166 valence electrons. The van der Waals surface area contributed by atoms with E-state index in [4.69, 9.17) is 0 Å². The number of hydrogen-bond donors (Lipinski definition) is 1. The van der Waals surface area contributed by atoms with Crippen molar-refractivity contribution >= 4 is 52.3 Å². The molecule has 0 atom stereocenters. The van der Waals surface area contributed by atoms with Gasteiger partial charge in [0.15, 0.2) is 0 Å². The quantitative estimate of drug-likeness (QED) is 0.435. The van der Waals surface area contributed by atoms with Crippen molar-refractivity contribution in [3.05, 3.63) is 94.4 Å². The van der Waals surface area contributed by atoms with E-state index in [1.54, 1.807) is 30.0 Å². The van der Waals surface area contributed by atoms with Gasteiger partial charge in [0.25, 0.3) is 11.1 Å². The maximum absolute atomic E-state index is 12.7. The number of hydrogen-bond acceptors (Lipinski definition) is 5. The lowest BCUT2D eigenvalue weighted by molar-refractivity contribution is -0.127. The van der Waals surface area contributed by atoms with Crippen molar-refractivity contribution in [3.8, 4) is 0 Å². The number of thioether (sulfide) groups is 1. The van der Waals surface area contributed by atoms with Gasteiger partial charge in [-0.25, -0.2) is 0 Å². The first-order valence-electron chi connectivity index (χ1n) is 10.3. The van der Waals surface area contributed by atoms with E-state index >= 15 is 0 Å². The second kappa shape index (κ2) is 10.1. The summed E-state index contributed by atoms with van der Waals surface area (Å²) in [5.41, 5.74) is 3.73. The Labute approximate surface area is 201 Å². The summed E-state index contributed by atoms with van der Waals surface area (Å²) in [6.45, 7) is 3.69.